The predicted molar refractivity (Wildman–Crippen MR) is 176 cm³/mol. The number of anilines is 1. The molecule has 17 heteroatoms. The van der Waals surface area contributed by atoms with Crippen LogP contribution in [0.1, 0.15) is 67.7 Å². The molecule has 0 spiro atoms. The summed E-state index contributed by atoms with van der Waals surface area (Å²) in [7, 11) is 0. The lowest BCUT2D eigenvalue weighted by Crippen LogP contribution is -2.57. The third-order valence-corrected chi connectivity index (χ3v) is 6.33. The van der Waals surface area contributed by atoms with E-state index in [1.54, 1.807) is 34.6 Å². The Kier molecular flexibility index (Phi) is 16.1. The zero-order chi connectivity index (χ0) is 35.9. The Morgan fingerprint density at radius 3 is 2.04 bits per heavy atom. The van der Waals surface area contributed by atoms with Crippen LogP contribution >= 0.6 is 0 Å². The highest BCUT2D eigenvalue weighted by Crippen LogP contribution is 2.16. The summed E-state index contributed by atoms with van der Waals surface area (Å²) in [6, 6.07) is 2.06. The lowest BCUT2D eigenvalue weighted by atomic mass is 10.00. The van der Waals surface area contributed by atoms with Gasteiger partial charge < -0.3 is 42.8 Å². The van der Waals surface area contributed by atoms with Gasteiger partial charge in [-0.05, 0) is 64.0 Å². The molecule has 0 aliphatic heterocycles. The maximum Gasteiger partial charge on any atom is 0.408 e. The third-order valence-electron chi connectivity index (χ3n) is 6.33. The molecule has 0 bridgehead atoms. The molecule has 5 amide bonds. The Morgan fingerprint density at radius 1 is 0.915 bits per heavy atom. The Morgan fingerprint density at radius 2 is 1.53 bits per heavy atom. The van der Waals surface area contributed by atoms with Gasteiger partial charge in [0, 0.05) is 24.4 Å². The fraction of sp³-hybridized carbons (Fsp3) is 0.600. The SMILES string of the molecule is CC(C)C[C@H](NC(=O)[C@@H](NC(=O)OC(C)(C)C)C(C)C)C(=O)NCC(=O)N[C@@H](CCCN=C(N)N)C(=O)Nc1ccc([N+](=O)[O-])cc1. The Bertz CT molecular complexity index is 1270. The Labute approximate surface area is 274 Å². The minimum absolute atomic E-state index is 0.0195. The quantitative estimate of drug-likeness (QED) is 0.0412. The van der Waals surface area contributed by atoms with Crippen molar-refractivity contribution in [3.05, 3.63) is 34.4 Å². The minimum Gasteiger partial charge on any atom is -0.444 e. The molecule has 0 fully saturated rings. The lowest BCUT2D eigenvalue weighted by Gasteiger charge is -2.27. The number of nitro benzene ring substituents is 1. The summed E-state index contributed by atoms with van der Waals surface area (Å²) in [5, 5.41) is 23.8. The fourth-order valence-electron chi connectivity index (χ4n) is 4.14. The van der Waals surface area contributed by atoms with Gasteiger partial charge in [0.2, 0.25) is 23.6 Å². The van der Waals surface area contributed by atoms with Gasteiger partial charge in [-0.15, -0.1) is 0 Å². The number of guanidine groups is 1. The van der Waals surface area contributed by atoms with Gasteiger partial charge in [0.1, 0.15) is 23.7 Å². The van der Waals surface area contributed by atoms with Crippen molar-refractivity contribution in [2.24, 2.45) is 28.3 Å². The van der Waals surface area contributed by atoms with Crippen molar-refractivity contribution < 1.29 is 33.6 Å². The molecule has 9 N–H and O–H groups in total. The number of carbonyl (C=O) groups excluding carboxylic acids is 5. The number of hydrogen-bond acceptors (Lipinski definition) is 9. The minimum atomic E-state index is -1.07. The molecule has 1 aromatic rings. The number of non-ortho nitro benzene ring substituents is 1. The summed E-state index contributed by atoms with van der Waals surface area (Å²) in [5.74, 6) is -3.02. The van der Waals surface area contributed by atoms with Crippen molar-refractivity contribution in [2.75, 3.05) is 18.4 Å². The van der Waals surface area contributed by atoms with Crippen LogP contribution in [0, 0.1) is 22.0 Å². The summed E-state index contributed by atoms with van der Waals surface area (Å²) in [5.41, 5.74) is 10.0. The molecule has 0 aromatic heterocycles. The lowest BCUT2D eigenvalue weighted by molar-refractivity contribution is -0.384. The normalized spacial score (nSPS) is 13.0. The van der Waals surface area contributed by atoms with E-state index in [1.807, 2.05) is 13.8 Å². The Balaban J connectivity index is 2.95. The molecule has 1 aromatic carbocycles. The summed E-state index contributed by atoms with van der Waals surface area (Å²) in [4.78, 5) is 78.8. The molecule has 0 saturated carbocycles. The average Bonchev–Trinajstić information content (AvgIpc) is 2.94. The van der Waals surface area contributed by atoms with Crippen LogP contribution < -0.4 is 38.1 Å². The second-order valence-electron chi connectivity index (χ2n) is 12.6. The number of alkyl carbamates (subject to hydrolysis) is 1. The Hall–Kier alpha value is -4.96. The van der Waals surface area contributed by atoms with Crippen LogP contribution in [0.25, 0.3) is 0 Å². The molecular weight excluding hydrogens is 614 g/mol. The first-order valence-corrected chi connectivity index (χ1v) is 15.3. The number of amides is 5. The number of rotatable bonds is 17. The van der Waals surface area contributed by atoms with E-state index < -0.39 is 64.9 Å². The largest absolute Gasteiger partial charge is 0.444 e. The number of ether oxygens (including phenoxy) is 1. The second kappa shape index (κ2) is 18.9. The van der Waals surface area contributed by atoms with E-state index in [4.69, 9.17) is 16.2 Å². The number of nitrogens with two attached hydrogens (primary N) is 2. The molecule has 0 radical (unpaired) electrons. The smallest absolute Gasteiger partial charge is 0.408 e. The zero-order valence-electron chi connectivity index (χ0n) is 28.0. The van der Waals surface area contributed by atoms with Crippen molar-refractivity contribution in [1.82, 2.24) is 21.3 Å². The number of nitrogens with zero attached hydrogens (tertiary/aromatic N) is 2. The van der Waals surface area contributed by atoms with E-state index in [-0.39, 0.29) is 48.6 Å². The van der Waals surface area contributed by atoms with E-state index in [0.717, 1.165) is 0 Å². The molecule has 0 aliphatic carbocycles. The van der Waals surface area contributed by atoms with Crippen LogP contribution in [0.2, 0.25) is 0 Å². The van der Waals surface area contributed by atoms with Gasteiger partial charge in [-0.2, -0.15) is 0 Å². The highest BCUT2D eigenvalue weighted by atomic mass is 16.6. The topological polar surface area (TPSA) is 262 Å². The van der Waals surface area contributed by atoms with Crippen molar-refractivity contribution in [1.29, 1.82) is 0 Å². The summed E-state index contributed by atoms with van der Waals surface area (Å²) in [6.45, 7) is 11.9. The first-order valence-electron chi connectivity index (χ1n) is 15.3. The predicted octanol–water partition coefficient (Wildman–Crippen LogP) is 1.27. The van der Waals surface area contributed by atoms with Gasteiger partial charge in [-0.3, -0.25) is 34.3 Å². The molecule has 1 rings (SSSR count). The summed E-state index contributed by atoms with van der Waals surface area (Å²) in [6.07, 6.45) is -0.0950. The fourth-order valence-corrected chi connectivity index (χ4v) is 4.14. The van der Waals surface area contributed by atoms with Gasteiger partial charge >= 0.3 is 6.09 Å². The van der Waals surface area contributed by atoms with Gasteiger partial charge in [0.25, 0.3) is 5.69 Å². The molecular formula is C30H49N9O8. The molecule has 47 heavy (non-hydrogen) atoms. The number of aliphatic imine (C=N–C) groups is 1. The van der Waals surface area contributed by atoms with Crippen molar-refractivity contribution in [3.8, 4) is 0 Å². The second-order valence-corrected chi connectivity index (χ2v) is 12.6. The monoisotopic (exact) mass is 663 g/mol. The number of hydrogen-bond donors (Lipinski definition) is 7. The highest BCUT2D eigenvalue weighted by molar-refractivity contribution is 5.98. The maximum atomic E-state index is 13.2. The third kappa shape index (κ3) is 16.3. The first kappa shape index (κ1) is 40.1. The zero-order valence-corrected chi connectivity index (χ0v) is 28.0. The van der Waals surface area contributed by atoms with Gasteiger partial charge in [-0.1, -0.05) is 27.7 Å². The number of nitrogens with one attached hydrogen (secondary N) is 5. The van der Waals surface area contributed by atoms with Gasteiger partial charge in [0.05, 0.1) is 11.5 Å². The van der Waals surface area contributed by atoms with Crippen LogP contribution in [0.15, 0.2) is 29.3 Å². The molecule has 3 atom stereocenters. The summed E-state index contributed by atoms with van der Waals surface area (Å²) >= 11 is 0. The van der Waals surface area contributed by atoms with E-state index in [1.165, 1.54) is 24.3 Å². The van der Waals surface area contributed by atoms with Crippen molar-refractivity contribution in [2.45, 2.75) is 91.5 Å². The van der Waals surface area contributed by atoms with Crippen molar-refractivity contribution in [3.63, 3.8) is 0 Å². The van der Waals surface area contributed by atoms with E-state index in [9.17, 15) is 34.1 Å². The molecule has 0 unspecified atom stereocenters. The molecule has 17 nitrogen and oxygen atoms in total. The first-order chi connectivity index (χ1) is 21.8. The van der Waals surface area contributed by atoms with Crippen LogP contribution in [0.5, 0.6) is 0 Å². The standard InChI is InChI=1S/C30H49N9O8/c1-17(2)15-22(37-27(43)24(18(3)4)38-29(44)47-30(5,6)7)25(41)34-16-23(40)36-21(9-8-14-33-28(31)32)26(42)35-19-10-12-20(13-11-19)39(45)46/h10-13,17-18,21-22,24H,8-9,14-16H2,1-7H3,(H,34,41)(H,35,42)(H,36,40)(H,37,43)(H,38,44)(H4,31,32,33)/t21-,22-,24-/m0/s1. The van der Waals surface area contributed by atoms with E-state index in [2.05, 4.69) is 31.6 Å². The van der Waals surface area contributed by atoms with Gasteiger partial charge in [-0.25, -0.2) is 4.79 Å². The molecule has 0 saturated heterocycles. The maximum absolute atomic E-state index is 13.2. The average molecular weight is 664 g/mol. The highest BCUT2D eigenvalue weighted by Gasteiger charge is 2.31. The molecule has 0 heterocycles. The van der Waals surface area contributed by atoms with E-state index in [0.29, 0.717) is 6.42 Å². The molecule has 0 aliphatic rings. The number of benzene rings is 1. The van der Waals surface area contributed by atoms with Crippen LogP contribution in [0.4, 0.5) is 16.2 Å². The molecule has 262 valence electrons. The van der Waals surface area contributed by atoms with Crippen LogP contribution in [-0.4, -0.2) is 77.4 Å². The van der Waals surface area contributed by atoms with E-state index >= 15 is 0 Å². The van der Waals surface area contributed by atoms with Gasteiger partial charge in [0.15, 0.2) is 5.96 Å². The number of nitro groups is 1. The number of carbonyl (C=O) groups is 5. The summed E-state index contributed by atoms with van der Waals surface area (Å²) < 4.78 is 5.26. The van der Waals surface area contributed by atoms with Crippen LogP contribution in [-0.2, 0) is 23.9 Å². The van der Waals surface area contributed by atoms with Crippen molar-refractivity contribution >= 4 is 47.1 Å². The van der Waals surface area contributed by atoms with Crippen LogP contribution in [0.3, 0.4) is 0 Å².